The molecule has 9 heteroatoms. The molecule has 1 saturated heterocycles. The van der Waals surface area contributed by atoms with Crippen molar-refractivity contribution in [1.82, 2.24) is 10.0 Å². The maximum absolute atomic E-state index is 13.4. The van der Waals surface area contributed by atoms with Crippen LogP contribution in [0.1, 0.15) is 45.7 Å². The highest BCUT2D eigenvalue weighted by atomic mass is 35.5. The summed E-state index contributed by atoms with van der Waals surface area (Å²) >= 11 is 13.4. The number of hydrogen-bond acceptors (Lipinski definition) is 5. The fraction of sp³-hybridized carbons (Fsp3) is 0.333. The average molecular weight is 465 g/mol. The quantitative estimate of drug-likeness (QED) is 0.483. The molecule has 1 aliphatic carbocycles. The van der Waals surface area contributed by atoms with Gasteiger partial charge >= 0.3 is 0 Å². The molecule has 6 nitrogen and oxygen atoms in total. The molecule has 1 aromatic carbocycles. The second kappa shape index (κ2) is 8.49. The van der Waals surface area contributed by atoms with E-state index in [9.17, 15) is 19.2 Å². The van der Waals surface area contributed by atoms with Crippen LogP contribution in [-0.2, 0) is 9.59 Å². The van der Waals surface area contributed by atoms with Gasteiger partial charge in [0.1, 0.15) is 6.54 Å². The number of benzene rings is 1. The minimum atomic E-state index is -0.693. The summed E-state index contributed by atoms with van der Waals surface area (Å²) in [7, 11) is 0. The number of carbonyl (C=O) groups is 4. The maximum atomic E-state index is 13.4. The monoisotopic (exact) mass is 464 g/mol. The van der Waals surface area contributed by atoms with Gasteiger partial charge in [0, 0.05) is 5.02 Å². The van der Waals surface area contributed by atoms with Gasteiger partial charge in [-0.2, -0.15) is 5.01 Å². The molecule has 2 aromatic rings. The Kier molecular flexibility index (Phi) is 5.95. The van der Waals surface area contributed by atoms with Crippen molar-refractivity contribution in [3.05, 3.63) is 56.2 Å². The lowest BCUT2D eigenvalue weighted by molar-refractivity contribution is -0.154. The number of hydrogen-bond donors (Lipinski definition) is 0. The highest BCUT2D eigenvalue weighted by Crippen LogP contribution is 2.39. The van der Waals surface area contributed by atoms with Gasteiger partial charge in [-0.25, -0.2) is 5.01 Å². The number of Topliss-reactive ketones (excluding diaryl/α,β-unsaturated/α-hetero) is 1. The van der Waals surface area contributed by atoms with Gasteiger partial charge in [0.2, 0.25) is 0 Å². The van der Waals surface area contributed by atoms with Crippen molar-refractivity contribution in [1.29, 1.82) is 0 Å². The molecule has 0 unspecified atom stereocenters. The summed E-state index contributed by atoms with van der Waals surface area (Å²) in [5, 5.41) is 3.99. The number of amides is 3. The topological polar surface area (TPSA) is 74.8 Å². The van der Waals surface area contributed by atoms with Crippen LogP contribution < -0.4 is 0 Å². The van der Waals surface area contributed by atoms with Crippen LogP contribution in [0.25, 0.3) is 0 Å². The fourth-order valence-electron chi connectivity index (χ4n) is 4.07. The van der Waals surface area contributed by atoms with E-state index in [-0.39, 0.29) is 16.4 Å². The SMILES string of the molecule is O=C(CN(C(=O)c1ccc(Cl)cc1Cl)N1C(=O)[C@H]2CCCC[C@H]2C1=O)c1cccs1. The van der Waals surface area contributed by atoms with E-state index in [1.165, 1.54) is 29.5 Å². The van der Waals surface area contributed by atoms with Crippen molar-refractivity contribution in [2.75, 3.05) is 6.54 Å². The van der Waals surface area contributed by atoms with Gasteiger partial charge in [-0.3, -0.25) is 19.2 Å². The highest BCUT2D eigenvalue weighted by Gasteiger charge is 2.52. The standard InChI is InChI=1S/C21H18Cl2N2O4S/c22-12-7-8-15(16(23)10-12)19(27)24(11-17(26)18-6-3-9-30-18)25-20(28)13-4-1-2-5-14(13)21(25)29/h3,6-10,13-14H,1-2,4-5,11H2/t13-,14+. The Morgan fingerprint density at radius 3 is 2.30 bits per heavy atom. The Hall–Kier alpha value is -2.22. The average Bonchev–Trinajstić information content (AvgIpc) is 3.34. The van der Waals surface area contributed by atoms with Crippen molar-refractivity contribution in [2.24, 2.45) is 11.8 Å². The highest BCUT2D eigenvalue weighted by molar-refractivity contribution is 7.12. The minimum Gasteiger partial charge on any atom is -0.291 e. The molecule has 0 N–H and O–H groups in total. The molecule has 2 aliphatic rings. The van der Waals surface area contributed by atoms with Gasteiger partial charge in [0.25, 0.3) is 17.7 Å². The lowest BCUT2D eigenvalue weighted by Crippen LogP contribution is -2.52. The normalized spacial score (nSPS) is 20.9. The summed E-state index contributed by atoms with van der Waals surface area (Å²) in [4.78, 5) is 52.8. The number of carbonyl (C=O) groups excluding carboxylic acids is 4. The first-order valence-electron chi connectivity index (χ1n) is 9.60. The lowest BCUT2D eigenvalue weighted by atomic mass is 9.81. The summed E-state index contributed by atoms with van der Waals surface area (Å²) in [5.41, 5.74) is 0.0653. The van der Waals surface area contributed by atoms with Crippen LogP contribution in [0.15, 0.2) is 35.7 Å². The zero-order valence-electron chi connectivity index (χ0n) is 15.8. The van der Waals surface area contributed by atoms with Gasteiger partial charge in [0.05, 0.1) is 27.3 Å². The van der Waals surface area contributed by atoms with Crippen molar-refractivity contribution < 1.29 is 19.2 Å². The van der Waals surface area contributed by atoms with Crippen molar-refractivity contribution in [3.63, 3.8) is 0 Å². The van der Waals surface area contributed by atoms with Crippen LogP contribution >= 0.6 is 34.5 Å². The van der Waals surface area contributed by atoms with Gasteiger partial charge in [-0.15, -0.1) is 11.3 Å². The van der Waals surface area contributed by atoms with Gasteiger partial charge in [0.15, 0.2) is 5.78 Å². The predicted octanol–water partition coefficient (Wildman–Crippen LogP) is 4.47. The Balaban J connectivity index is 1.71. The van der Waals surface area contributed by atoms with Crippen LogP contribution in [0.2, 0.25) is 10.0 Å². The zero-order valence-corrected chi connectivity index (χ0v) is 18.2. The molecule has 30 heavy (non-hydrogen) atoms. The third-order valence-corrected chi connectivity index (χ3v) is 7.00. The van der Waals surface area contributed by atoms with E-state index in [2.05, 4.69) is 0 Å². The summed E-state index contributed by atoms with van der Waals surface area (Å²) < 4.78 is 0. The second-order valence-corrected chi connectivity index (χ2v) is 9.16. The van der Waals surface area contributed by atoms with Crippen LogP contribution in [0.5, 0.6) is 0 Å². The first-order chi connectivity index (χ1) is 14.4. The predicted molar refractivity (Wildman–Crippen MR) is 113 cm³/mol. The van der Waals surface area contributed by atoms with Crippen molar-refractivity contribution >= 4 is 58.0 Å². The fourth-order valence-corrected chi connectivity index (χ4v) is 5.22. The molecular weight excluding hydrogens is 447 g/mol. The van der Waals surface area contributed by atoms with Crippen LogP contribution in [-0.4, -0.2) is 40.1 Å². The molecule has 1 aliphatic heterocycles. The summed E-state index contributed by atoms with van der Waals surface area (Å²) in [6.07, 6.45) is 2.93. The molecule has 4 rings (SSSR count). The third kappa shape index (κ3) is 3.77. The largest absolute Gasteiger partial charge is 0.291 e. The Morgan fingerprint density at radius 1 is 1.07 bits per heavy atom. The number of ketones is 1. The minimum absolute atomic E-state index is 0.0653. The number of thiophene rings is 1. The lowest BCUT2D eigenvalue weighted by Gasteiger charge is -2.30. The molecule has 0 spiro atoms. The zero-order chi connectivity index (χ0) is 21.4. The first-order valence-corrected chi connectivity index (χ1v) is 11.2. The maximum Gasteiger partial charge on any atom is 0.274 e. The number of fused-ring (bicyclic) bond motifs is 1. The summed E-state index contributed by atoms with van der Waals surface area (Å²) in [6.45, 7) is -0.435. The third-order valence-electron chi connectivity index (χ3n) is 5.54. The molecule has 2 heterocycles. The molecule has 2 fully saturated rings. The Bertz CT molecular complexity index is 1000. The number of halogens is 2. The number of nitrogens with zero attached hydrogens (tertiary/aromatic N) is 2. The molecular formula is C21H18Cl2N2O4S. The van der Waals surface area contributed by atoms with E-state index in [1.807, 2.05) is 0 Å². The van der Waals surface area contributed by atoms with Crippen LogP contribution in [0, 0.1) is 11.8 Å². The smallest absolute Gasteiger partial charge is 0.274 e. The van der Waals surface area contributed by atoms with E-state index < -0.39 is 36.1 Å². The van der Waals surface area contributed by atoms with Crippen LogP contribution in [0.4, 0.5) is 0 Å². The van der Waals surface area contributed by atoms with E-state index in [1.54, 1.807) is 17.5 Å². The molecule has 0 radical (unpaired) electrons. The van der Waals surface area contributed by atoms with Gasteiger partial charge in [-0.1, -0.05) is 42.1 Å². The Morgan fingerprint density at radius 2 is 1.73 bits per heavy atom. The van der Waals surface area contributed by atoms with E-state index in [0.717, 1.165) is 22.9 Å². The summed E-state index contributed by atoms with van der Waals surface area (Å²) in [5.74, 6) is -2.80. The molecule has 0 bridgehead atoms. The van der Waals surface area contributed by atoms with E-state index in [4.69, 9.17) is 23.2 Å². The van der Waals surface area contributed by atoms with Gasteiger partial charge < -0.3 is 0 Å². The van der Waals surface area contributed by atoms with Crippen molar-refractivity contribution in [2.45, 2.75) is 25.7 Å². The van der Waals surface area contributed by atoms with E-state index >= 15 is 0 Å². The van der Waals surface area contributed by atoms with Gasteiger partial charge in [-0.05, 0) is 42.5 Å². The first kappa shape index (κ1) is 21.0. The van der Waals surface area contributed by atoms with Crippen molar-refractivity contribution in [3.8, 4) is 0 Å². The molecule has 2 atom stereocenters. The number of imide groups is 1. The molecule has 1 aromatic heterocycles. The molecule has 1 saturated carbocycles. The van der Waals surface area contributed by atoms with E-state index in [0.29, 0.717) is 22.7 Å². The molecule has 3 amide bonds. The van der Waals surface area contributed by atoms with Crippen LogP contribution in [0.3, 0.4) is 0 Å². The Labute approximate surface area is 187 Å². The molecule has 156 valence electrons. The number of rotatable bonds is 5. The second-order valence-electron chi connectivity index (χ2n) is 7.37. The summed E-state index contributed by atoms with van der Waals surface area (Å²) in [6, 6.07) is 7.68. The number of hydrazine groups is 1.